The molecule has 3 aromatic rings. The topological polar surface area (TPSA) is 30.0 Å². The van der Waals surface area contributed by atoms with Gasteiger partial charge in [0.1, 0.15) is 0 Å². The normalized spacial score (nSPS) is 11.2. The molecule has 3 rings (SSSR count). The second-order valence-corrected chi connectivity index (χ2v) is 5.74. The summed E-state index contributed by atoms with van der Waals surface area (Å²) in [4.78, 5) is 16.2. The number of carbonyl (C=O) groups excluding carboxylic acids is 1. The van der Waals surface area contributed by atoms with Gasteiger partial charge < -0.3 is 0 Å². The van der Waals surface area contributed by atoms with E-state index in [-0.39, 0.29) is 23.7 Å². The molecule has 2 aromatic carbocycles. The van der Waals surface area contributed by atoms with Crippen LogP contribution in [-0.4, -0.2) is 16.9 Å². The molecule has 0 unspecified atom stereocenters. The standard InChI is InChI=1S/C18H11ClF3NO.ClH/c1-10-15(17(24)18(20,21)22)16(11-5-3-2-4-6-11)13-9-12(19)7-8-14(13)23-10;/h2-9H,1H3;1H. The van der Waals surface area contributed by atoms with Crippen LogP contribution in [0.2, 0.25) is 5.02 Å². The average molecular weight is 386 g/mol. The van der Waals surface area contributed by atoms with E-state index in [0.717, 1.165) is 0 Å². The Morgan fingerprint density at radius 1 is 1.08 bits per heavy atom. The molecule has 0 aliphatic heterocycles. The highest BCUT2D eigenvalue weighted by Crippen LogP contribution is 2.37. The van der Waals surface area contributed by atoms with Crippen molar-refractivity contribution < 1.29 is 18.0 Å². The fraction of sp³-hybridized carbons (Fsp3) is 0.111. The molecule has 0 fully saturated rings. The van der Waals surface area contributed by atoms with Crippen molar-refractivity contribution in [2.24, 2.45) is 0 Å². The molecule has 0 aliphatic rings. The number of hydrogen-bond donors (Lipinski definition) is 0. The third kappa shape index (κ3) is 3.62. The highest BCUT2D eigenvalue weighted by Gasteiger charge is 2.42. The zero-order valence-electron chi connectivity index (χ0n) is 12.9. The van der Waals surface area contributed by atoms with Gasteiger partial charge in [-0.2, -0.15) is 13.2 Å². The summed E-state index contributed by atoms with van der Waals surface area (Å²) in [6.45, 7) is 1.40. The second-order valence-electron chi connectivity index (χ2n) is 5.30. The Morgan fingerprint density at radius 2 is 1.72 bits per heavy atom. The zero-order valence-corrected chi connectivity index (χ0v) is 14.5. The van der Waals surface area contributed by atoms with Gasteiger partial charge in [0.15, 0.2) is 0 Å². The minimum absolute atomic E-state index is 0. The first-order valence-corrected chi connectivity index (χ1v) is 7.43. The number of ketones is 1. The summed E-state index contributed by atoms with van der Waals surface area (Å²) < 4.78 is 39.3. The van der Waals surface area contributed by atoms with Gasteiger partial charge >= 0.3 is 6.18 Å². The van der Waals surface area contributed by atoms with E-state index in [1.807, 2.05) is 0 Å². The lowest BCUT2D eigenvalue weighted by atomic mass is 9.92. The van der Waals surface area contributed by atoms with Crippen LogP contribution in [0.25, 0.3) is 22.0 Å². The van der Waals surface area contributed by atoms with Gasteiger partial charge in [-0.15, -0.1) is 12.4 Å². The first-order valence-electron chi connectivity index (χ1n) is 7.06. The molecule has 130 valence electrons. The molecule has 0 radical (unpaired) electrons. The maximum absolute atomic E-state index is 13.1. The SMILES string of the molecule is Cc1nc2ccc(Cl)cc2c(-c2ccccc2)c1C(=O)C(F)(F)F.Cl. The summed E-state index contributed by atoms with van der Waals surface area (Å²) in [6.07, 6.45) is -4.98. The molecule has 0 N–H and O–H groups in total. The number of rotatable bonds is 2. The lowest BCUT2D eigenvalue weighted by molar-refractivity contribution is -0.0885. The Labute approximate surface area is 153 Å². The van der Waals surface area contributed by atoms with Crippen LogP contribution < -0.4 is 0 Å². The predicted octanol–water partition coefficient (Wildman–Crippen LogP) is 6.03. The van der Waals surface area contributed by atoms with Crippen molar-refractivity contribution in [3.05, 3.63) is 64.8 Å². The number of Topliss-reactive ketones (excluding diaryl/α,β-unsaturated/α-hetero) is 1. The minimum atomic E-state index is -4.98. The summed E-state index contributed by atoms with van der Waals surface area (Å²) in [7, 11) is 0. The van der Waals surface area contributed by atoms with E-state index in [9.17, 15) is 18.0 Å². The maximum atomic E-state index is 13.1. The van der Waals surface area contributed by atoms with Crippen molar-refractivity contribution in [2.45, 2.75) is 13.1 Å². The highest BCUT2D eigenvalue weighted by atomic mass is 35.5. The van der Waals surface area contributed by atoms with Crippen molar-refractivity contribution in [2.75, 3.05) is 0 Å². The van der Waals surface area contributed by atoms with E-state index in [1.54, 1.807) is 42.5 Å². The van der Waals surface area contributed by atoms with E-state index in [4.69, 9.17) is 11.6 Å². The van der Waals surface area contributed by atoms with Crippen LogP contribution in [0.3, 0.4) is 0 Å². The molecule has 0 amide bonds. The first kappa shape index (κ1) is 19.2. The van der Waals surface area contributed by atoms with Crippen molar-refractivity contribution in [1.29, 1.82) is 0 Å². The van der Waals surface area contributed by atoms with E-state index >= 15 is 0 Å². The molecule has 0 aliphatic carbocycles. The summed E-state index contributed by atoms with van der Waals surface area (Å²) in [5, 5.41) is 0.766. The number of halogens is 5. The van der Waals surface area contributed by atoms with Gasteiger partial charge in [-0.1, -0.05) is 41.9 Å². The largest absolute Gasteiger partial charge is 0.454 e. The second kappa shape index (κ2) is 7.02. The summed E-state index contributed by atoms with van der Waals surface area (Å²) in [5.74, 6) is -1.91. The number of pyridine rings is 1. The maximum Gasteiger partial charge on any atom is 0.454 e. The predicted molar refractivity (Wildman–Crippen MR) is 94.6 cm³/mol. The van der Waals surface area contributed by atoms with E-state index < -0.39 is 17.5 Å². The lowest BCUT2D eigenvalue weighted by Crippen LogP contribution is -2.25. The lowest BCUT2D eigenvalue weighted by Gasteiger charge is -2.16. The third-order valence-electron chi connectivity index (χ3n) is 3.67. The van der Waals surface area contributed by atoms with Gasteiger partial charge in [-0.25, -0.2) is 0 Å². The van der Waals surface area contributed by atoms with Gasteiger partial charge in [0, 0.05) is 21.7 Å². The van der Waals surface area contributed by atoms with Crippen LogP contribution in [0.5, 0.6) is 0 Å². The van der Waals surface area contributed by atoms with Crippen molar-refractivity contribution >= 4 is 40.7 Å². The molecule has 1 aromatic heterocycles. The minimum Gasteiger partial charge on any atom is -0.284 e. The molecule has 0 bridgehead atoms. The molecular formula is C18H12Cl2F3NO. The molecule has 0 saturated heterocycles. The number of alkyl halides is 3. The Kier molecular flexibility index (Phi) is 5.40. The van der Waals surface area contributed by atoms with Crippen LogP contribution in [0, 0.1) is 6.92 Å². The van der Waals surface area contributed by atoms with E-state index in [0.29, 0.717) is 21.5 Å². The number of nitrogens with zero attached hydrogens (tertiary/aromatic N) is 1. The summed E-state index contributed by atoms with van der Waals surface area (Å²) >= 11 is 6.00. The molecule has 7 heteroatoms. The number of fused-ring (bicyclic) bond motifs is 1. The molecule has 0 spiro atoms. The van der Waals surface area contributed by atoms with Crippen molar-refractivity contribution in [3.8, 4) is 11.1 Å². The molecule has 2 nitrogen and oxygen atoms in total. The molecule has 0 saturated carbocycles. The van der Waals surface area contributed by atoms with Crippen LogP contribution in [-0.2, 0) is 0 Å². The van der Waals surface area contributed by atoms with E-state index in [1.165, 1.54) is 13.0 Å². The third-order valence-corrected chi connectivity index (χ3v) is 3.91. The Bertz CT molecular complexity index is 940. The van der Waals surface area contributed by atoms with Crippen LogP contribution in [0.4, 0.5) is 13.2 Å². The number of hydrogen-bond acceptors (Lipinski definition) is 2. The van der Waals surface area contributed by atoms with Crippen LogP contribution in [0.1, 0.15) is 16.1 Å². The molecular weight excluding hydrogens is 374 g/mol. The molecule has 1 heterocycles. The van der Waals surface area contributed by atoms with Crippen LogP contribution in [0.15, 0.2) is 48.5 Å². The zero-order chi connectivity index (χ0) is 17.5. The average Bonchev–Trinajstić information content (AvgIpc) is 2.53. The number of aryl methyl sites for hydroxylation is 1. The number of carbonyl (C=O) groups is 1. The van der Waals surface area contributed by atoms with Crippen molar-refractivity contribution in [3.63, 3.8) is 0 Å². The number of benzene rings is 2. The Morgan fingerprint density at radius 3 is 2.32 bits per heavy atom. The Balaban J connectivity index is 0.00000225. The fourth-order valence-electron chi connectivity index (χ4n) is 2.68. The first-order chi connectivity index (χ1) is 11.3. The number of aromatic nitrogens is 1. The smallest absolute Gasteiger partial charge is 0.284 e. The van der Waals surface area contributed by atoms with Crippen molar-refractivity contribution in [1.82, 2.24) is 4.98 Å². The van der Waals surface area contributed by atoms with Gasteiger partial charge in [0.25, 0.3) is 5.78 Å². The van der Waals surface area contributed by atoms with Crippen LogP contribution >= 0.6 is 24.0 Å². The van der Waals surface area contributed by atoms with E-state index in [2.05, 4.69) is 4.98 Å². The Hall–Kier alpha value is -2.11. The molecule has 0 atom stereocenters. The summed E-state index contributed by atoms with van der Waals surface area (Å²) in [6, 6.07) is 13.2. The molecule has 25 heavy (non-hydrogen) atoms. The highest BCUT2D eigenvalue weighted by molar-refractivity contribution is 6.31. The van der Waals surface area contributed by atoms with Gasteiger partial charge in [0.2, 0.25) is 0 Å². The quantitative estimate of drug-likeness (QED) is 0.504. The van der Waals surface area contributed by atoms with Gasteiger partial charge in [-0.05, 0) is 30.7 Å². The summed E-state index contributed by atoms with van der Waals surface area (Å²) in [5.41, 5.74) is 0.773. The van der Waals surface area contributed by atoms with Gasteiger partial charge in [0.05, 0.1) is 11.1 Å². The monoisotopic (exact) mass is 385 g/mol. The van der Waals surface area contributed by atoms with Gasteiger partial charge in [-0.3, -0.25) is 9.78 Å². The fourth-order valence-corrected chi connectivity index (χ4v) is 2.85.